The van der Waals surface area contributed by atoms with E-state index < -0.39 is 0 Å². The lowest BCUT2D eigenvalue weighted by atomic mass is 10.2. The second kappa shape index (κ2) is 6.71. The second-order valence-corrected chi connectivity index (χ2v) is 4.82. The zero-order chi connectivity index (χ0) is 12.8. The molecule has 1 aliphatic carbocycles. The summed E-state index contributed by atoms with van der Waals surface area (Å²) in [6.07, 6.45) is 3.57. The summed E-state index contributed by atoms with van der Waals surface area (Å²) in [5.41, 5.74) is 0.592. The lowest BCUT2D eigenvalue weighted by Gasteiger charge is -2.07. The lowest BCUT2D eigenvalue weighted by Crippen LogP contribution is -2.16. The van der Waals surface area contributed by atoms with Crippen LogP contribution in [0.2, 0.25) is 0 Å². The number of ether oxygens (including phenoxy) is 1. The van der Waals surface area contributed by atoms with Crippen LogP contribution in [0.15, 0.2) is 18.2 Å². The van der Waals surface area contributed by atoms with E-state index in [-0.39, 0.29) is 11.6 Å². The molecule has 100 valence electrons. The Kier molecular flexibility index (Phi) is 4.96. The van der Waals surface area contributed by atoms with Crippen LogP contribution in [0.4, 0.5) is 4.39 Å². The predicted octanol–water partition coefficient (Wildman–Crippen LogP) is 2.44. The summed E-state index contributed by atoms with van der Waals surface area (Å²) in [4.78, 5) is 0. The maximum atomic E-state index is 12.9. The largest absolute Gasteiger partial charge is 0.508 e. The van der Waals surface area contributed by atoms with Gasteiger partial charge in [0.1, 0.15) is 11.6 Å². The Labute approximate surface area is 107 Å². The summed E-state index contributed by atoms with van der Waals surface area (Å²) in [6, 6.07) is 3.99. The third-order valence-corrected chi connectivity index (χ3v) is 3.05. The molecule has 0 saturated heterocycles. The number of rotatable bonds is 8. The summed E-state index contributed by atoms with van der Waals surface area (Å²) < 4.78 is 18.4. The molecule has 1 aliphatic rings. The normalized spacial score (nSPS) is 14.9. The van der Waals surface area contributed by atoms with Crippen LogP contribution in [-0.4, -0.2) is 24.9 Å². The average molecular weight is 253 g/mol. The molecule has 2 N–H and O–H groups in total. The van der Waals surface area contributed by atoms with E-state index in [1.165, 1.54) is 31.0 Å². The summed E-state index contributed by atoms with van der Waals surface area (Å²) >= 11 is 0. The summed E-state index contributed by atoms with van der Waals surface area (Å²) in [7, 11) is 0. The maximum absolute atomic E-state index is 12.9. The second-order valence-electron chi connectivity index (χ2n) is 4.82. The number of phenols is 1. The van der Waals surface area contributed by atoms with Gasteiger partial charge in [0.2, 0.25) is 0 Å². The van der Waals surface area contributed by atoms with E-state index in [1.54, 1.807) is 0 Å². The van der Waals surface area contributed by atoms with Crippen LogP contribution in [-0.2, 0) is 11.3 Å². The molecule has 1 saturated carbocycles. The topological polar surface area (TPSA) is 41.5 Å². The first-order valence-electron chi connectivity index (χ1n) is 6.51. The van der Waals surface area contributed by atoms with E-state index in [0.717, 1.165) is 32.1 Å². The van der Waals surface area contributed by atoms with Gasteiger partial charge in [-0.25, -0.2) is 4.39 Å². The number of benzene rings is 1. The van der Waals surface area contributed by atoms with Crippen molar-refractivity contribution in [2.45, 2.75) is 25.8 Å². The summed E-state index contributed by atoms with van der Waals surface area (Å²) in [6.45, 7) is 2.94. The molecule has 4 heteroatoms. The van der Waals surface area contributed by atoms with Crippen LogP contribution in [0, 0.1) is 11.7 Å². The molecule has 0 aliphatic heterocycles. The molecule has 0 spiro atoms. The van der Waals surface area contributed by atoms with Crippen LogP contribution in [0.5, 0.6) is 5.75 Å². The van der Waals surface area contributed by atoms with Crippen LogP contribution in [0.1, 0.15) is 24.8 Å². The van der Waals surface area contributed by atoms with E-state index in [2.05, 4.69) is 5.32 Å². The lowest BCUT2D eigenvalue weighted by molar-refractivity contribution is 0.122. The molecule has 0 radical (unpaired) electrons. The van der Waals surface area contributed by atoms with Crippen molar-refractivity contribution in [3.63, 3.8) is 0 Å². The molecule has 0 unspecified atom stereocenters. The van der Waals surface area contributed by atoms with E-state index in [1.807, 2.05) is 0 Å². The van der Waals surface area contributed by atoms with Crippen molar-refractivity contribution in [2.75, 3.05) is 19.8 Å². The van der Waals surface area contributed by atoms with Gasteiger partial charge in [-0.05, 0) is 49.9 Å². The highest BCUT2D eigenvalue weighted by Crippen LogP contribution is 2.28. The first-order valence-corrected chi connectivity index (χ1v) is 6.51. The molecular formula is C14H20FNO2. The quantitative estimate of drug-likeness (QED) is 0.699. The summed E-state index contributed by atoms with van der Waals surface area (Å²) in [5.74, 6) is 0.619. The van der Waals surface area contributed by atoms with E-state index in [0.29, 0.717) is 12.1 Å². The first kappa shape index (κ1) is 13.3. The zero-order valence-corrected chi connectivity index (χ0v) is 10.5. The van der Waals surface area contributed by atoms with Gasteiger partial charge < -0.3 is 15.2 Å². The predicted molar refractivity (Wildman–Crippen MR) is 67.9 cm³/mol. The molecule has 0 atom stereocenters. The first-order chi connectivity index (χ1) is 8.75. The van der Waals surface area contributed by atoms with Crippen LogP contribution in [0.3, 0.4) is 0 Å². The highest BCUT2D eigenvalue weighted by molar-refractivity contribution is 5.32. The molecule has 1 aromatic rings. The Balaban J connectivity index is 1.55. The number of halogens is 1. The Bertz CT molecular complexity index is 380. The van der Waals surface area contributed by atoms with Crippen molar-refractivity contribution in [2.24, 2.45) is 5.92 Å². The van der Waals surface area contributed by atoms with Crippen LogP contribution in [0.25, 0.3) is 0 Å². The molecule has 0 heterocycles. The van der Waals surface area contributed by atoms with Gasteiger partial charge in [0, 0.05) is 25.3 Å². The van der Waals surface area contributed by atoms with Crippen LogP contribution < -0.4 is 5.32 Å². The molecule has 3 nitrogen and oxygen atoms in total. The van der Waals surface area contributed by atoms with Gasteiger partial charge in [-0.2, -0.15) is 0 Å². The van der Waals surface area contributed by atoms with E-state index in [9.17, 15) is 9.50 Å². The van der Waals surface area contributed by atoms with E-state index in [4.69, 9.17) is 4.74 Å². The SMILES string of the molecule is Oc1ccc(F)cc1CNCCCOCC1CC1. The molecule has 2 rings (SSSR count). The van der Waals surface area contributed by atoms with Gasteiger partial charge in [0.05, 0.1) is 0 Å². The number of phenolic OH excluding ortho intramolecular Hbond substituents is 1. The molecule has 1 fully saturated rings. The summed E-state index contributed by atoms with van der Waals surface area (Å²) in [5, 5.41) is 12.7. The van der Waals surface area contributed by atoms with Crippen molar-refractivity contribution in [1.29, 1.82) is 0 Å². The number of hydrogen-bond acceptors (Lipinski definition) is 3. The Morgan fingerprint density at radius 2 is 2.22 bits per heavy atom. The monoisotopic (exact) mass is 253 g/mol. The average Bonchev–Trinajstić information content (AvgIpc) is 3.16. The Hall–Kier alpha value is -1.13. The Morgan fingerprint density at radius 1 is 1.39 bits per heavy atom. The third-order valence-electron chi connectivity index (χ3n) is 3.05. The number of hydrogen-bond donors (Lipinski definition) is 2. The Morgan fingerprint density at radius 3 is 3.00 bits per heavy atom. The molecule has 0 amide bonds. The number of aromatic hydroxyl groups is 1. The smallest absolute Gasteiger partial charge is 0.123 e. The highest BCUT2D eigenvalue weighted by atomic mass is 19.1. The minimum Gasteiger partial charge on any atom is -0.508 e. The maximum Gasteiger partial charge on any atom is 0.123 e. The van der Waals surface area contributed by atoms with Gasteiger partial charge in [-0.1, -0.05) is 0 Å². The molecular weight excluding hydrogens is 233 g/mol. The van der Waals surface area contributed by atoms with Gasteiger partial charge in [-0.3, -0.25) is 0 Å². The molecule has 18 heavy (non-hydrogen) atoms. The van der Waals surface area contributed by atoms with Gasteiger partial charge >= 0.3 is 0 Å². The minimum absolute atomic E-state index is 0.133. The molecule has 0 bridgehead atoms. The van der Waals surface area contributed by atoms with Crippen molar-refractivity contribution in [3.8, 4) is 5.75 Å². The highest BCUT2D eigenvalue weighted by Gasteiger charge is 2.20. The van der Waals surface area contributed by atoms with Gasteiger partial charge in [-0.15, -0.1) is 0 Å². The fraction of sp³-hybridized carbons (Fsp3) is 0.571. The van der Waals surface area contributed by atoms with Crippen molar-refractivity contribution >= 4 is 0 Å². The van der Waals surface area contributed by atoms with Crippen molar-refractivity contribution in [1.82, 2.24) is 5.32 Å². The standard InChI is InChI=1S/C14H20FNO2/c15-13-4-5-14(17)12(8-13)9-16-6-1-7-18-10-11-2-3-11/h4-5,8,11,16-17H,1-3,6-7,9-10H2. The fourth-order valence-electron chi connectivity index (χ4n) is 1.75. The molecule has 1 aromatic carbocycles. The zero-order valence-electron chi connectivity index (χ0n) is 10.5. The van der Waals surface area contributed by atoms with Gasteiger partial charge in [0.15, 0.2) is 0 Å². The van der Waals surface area contributed by atoms with Crippen molar-refractivity contribution in [3.05, 3.63) is 29.6 Å². The van der Waals surface area contributed by atoms with E-state index >= 15 is 0 Å². The molecule has 0 aromatic heterocycles. The van der Waals surface area contributed by atoms with Gasteiger partial charge in [0.25, 0.3) is 0 Å². The van der Waals surface area contributed by atoms with Crippen molar-refractivity contribution < 1.29 is 14.2 Å². The number of nitrogens with one attached hydrogen (secondary N) is 1. The minimum atomic E-state index is -0.322. The fourth-order valence-corrected chi connectivity index (χ4v) is 1.75. The van der Waals surface area contributed by atoms with Crippen LogP contribution >= 0.6 is 0 Å². The third kappa shape index (κ3) is 4.63.